The highest BCUT2D eigenvalue weighted by molar-refractivity contribution is 6.03. The molecule has 9 heteroatoms. The third-order valence-electron chi connectivity index (χ3n) is 5.04. The molecule has 4 rings (SSSR count). The zero-order chi connectivity index (χ0) is 22.0. The number of anilines is 1. The van der Waals surface area contributed by atoms with Crippen LogP contribution in [0.25, 0.3) is 22.4 Å². The standard InChI is InChI=1S/C22H23N5O4/c1-27-10-9-18(25-27)15-6-4-5-14(20(15)30-2)16-11-19(24-21(28)13-7-8-13)23-12-17(16)22(29)26-31-3/h4-6,9-13H,7-8H2,1-3H3,(H,26,29)(H,23,24,28). The number of amides is 2. The smallest absolute Gasteiger partial charge is 0.277 e. The highest BCUT2D eigenvalue weighted by Crippen LogP contribution is 2.40. The second kappa shape index (κ2) is 8.57. The van der Waals surface area contributed by atoms with Crippen LogP contribution in [0.2, 0.25) is 0 Å². The van der Waals surface area contributed by atoms with Gasteiger partial charge in [0.05, 0.1) is 25.5 Å². The van der Waals surface area contributed by atoms with Crippen molar-refractivity contribution in [2.75, 3.05) is 19.5 Å². The molecule has 0 bridgehead atoms. The van der Waals surface area contributed by atoms with Gasteiger partial charge in [0.25, 0.3) is 5.91 Å². The van der Waals surface area contributed by atoms with Crippen molar-refractivity contribution in [3.8, 4) is 28.1 Å². The van der Waals surface area contributed by atoms with Gasteiger partial charge in [0.1, 0.15) is 11.6 Å². The first-order valence-corrected chi connectivity index (χ1v) is 9.83. The lowest BCUT2D eigenvalue weighted by atomic mass is 9.96. The van der Waals surface area contributed by atoms with E-state index in [4.69, 9.17) is 9.57 Å². The van der Waals surface area contributed by atoms with Crippen molar-refractivity contribution in [2.45, 2.75) is 12.8 Å². The average Bonchev–Trinajstić information content (AvgIpc) is 3.54. The number of benzene rings is 1. The molecule has 160 valence electrons. The highest BCUT2D eigenvalue weighted by atomic mass is 16.6. The summed E-state index contributed by atoms with van der Waals surface area (Å²) in [6, 6.07) is 9.16. The zero-order valence-corrected chi connectivity index (χ0v) is 17.5. The van der Waals surface area contributed by atoms with Crippen molar-refractivity contribution < 1.29 is 19.2 Å². The second-order valence-corrected chi connectivity index (χ2v) is 7.27. The summed E-state index contributed by atoms with van der Waals surface area (Å²) in [5.74, 6) is 0.422. The molecule has 1 aliphatic rings. The van der Waals surface area contributed by atoms with Crippen LogP contribution in [0.4, 0.5) is 5.82 Å². The van der Waals surface area contributed by atoms with Gasteiger partial charge in [-0.05, 0) is 31.0 Å². The maximum Gasteiger partial charge on any atom is 0.277 e. The minimum atomic E-state index is -0.463. The lowest BCUT2D eigenvalue weighted by Crippen LogP contribution is -2.23. The van der Waals surface area contributed by atoms with E-state index in [1.807, 2.05) is 37.5 Å². The first-order valence-electron chi connectivity index (χ1n) is 9.83. The molecule has 0 aliphatic heterocycles. The summed E-state index contributed by atoms with van der Waals surface area (Å²) >= 11 is 0. The zero-order valence-electron chi connectivity index (χ0n) is 17.5. The Kier molecular flexibility index (Phi) is 5.68. The van der Waals surface area contributed by atoms with Gasteiger partial charge in [-0.15, -0.1) is 0 Å². The first-order chi connectivity index (χ1) is 15.0. The van der Waals surface area contributed by atoms with Crippen molar-refractivity contribution in [3.63, 3.8) is 0 Å². The van der Waals surface area contributed by atoms with Gasteiger partial charge >= 0.3 is 0 Å². The molecule has 2 heterocycles. The molecule has 3 aromatic rings. The van der Waals surface area contributed by atoms with Crippen LogP contribution in [0.1, 0.15) is 23.2 Å². The number of pyridine rings is 1. The molecule has 1 fully saturated rings. The number of hydrogen-bond acceptors (Lipinski definition) is 6. The molecular formula is C22H23N5O4. The van der Waals surface area contributed by atoms with Crippen LogP contribution in [-0.2, 0) is 16.7 Å². The third kappa shape index (κ3) is 4.26. The Balaban J connectivity index is 1.84. The van der Waals surface area contributed by atoms with E-state index in [0.29, 0.717) is 22.7 Å². The van der Waals surface area contributed by atoms with E-state index in [0.717, 1.165) is 24.1 Å². The van der Waals surface area contributed by atoms with E-state index in [1.54, 1.807) is 17.9 Å². The fourth-order valence-corrected chi connectivity index (χ4v) is 3.38. The summed E-state index contributed by atoms with van der Waals surface area (Å²) in [5, 5.41) is 7.29. The second-order valence-electron chi connectivity index (χ2n) is 7.27. The third-order valence-corrected chi connectivity index (χ3v) is 5.04. The van der Waals surface area contributed by atoms with E-state index in [-0.39, 0.29) is 17.4 Å². The number of hydrogen-bond donors (Lipinski definition) is 2. The van der Waals surface area contributed by atoms with Crippen LogP contribution in [0.15, 0.2) is 42.7 Å². The van der Waals surface area contributed by atoms with Gasteiger partial charge in [0, 0.05) is 42.0 Å². The molecule has 2 amide bonds. The molecule has 0 radical (unpaired) electrons. The molecule has 0 unspecified atom stereocenters. The van der Waals surface area contributed by atoms with Gasteiger partial charge in [-0.1, -0.05) is 12.1 Å². The average molecular weight is 421 g/mol. The Bertz CT molecular complexity index is 1140. The maximum absolute atomic E-state index is 12.6. The Morgan fingerprint density at radius 2 is 1.90 bits per heavy atom. The minimum absolute atomic E-state index is 0.0312. The molecule has 1 saturated carbocycles. The van der Waals surface area contributed by atoms with E-state index in [1.165, 1.54) is 13.3 Å². The number of aryl methyl sites for hydroxylation is 1. The topological polar surface area (TPSA) is 107 Å². The maximum atomic E-state index is 12.6. The fraction of sp³-hybridized carbons (Fsp3) is 0.273. The minimum Gasteiger partial charge on any atom is -0.495 e. The van der Waals surface area contributed by atoms with Gasteiger partial charge in [-0.25, -0.2) is 10.5 Å². The molecule has 0 saturated heterocycles. The molecule has 1 aromatic carbocycles. The number of ether oxygens (including phenoxy) is 1. The van der Waals surface area contributed by atoms with Crippen LogP contribution in [-0.4, -0.2) is 40.8 Å². The van der Waals surface area contributed by atoms with Crippen molar-refractivity contribution in [1.82, 2.24) is 20.2 Å². The van der Waals surface area contributed by atoms with Crippen LogP contribution in [0.3, 0.4) is 0 Å². The van der Waals surface area contributed by atoms with Gasteiger partial charge in [-0.3, -0.25) is 19.1 Å². The Hall–Kier alpha value is -3.72. The Morgan fingerprint density at radius 3 is 2.55 bits per heavy atom. The lowest BCUT2D eigenvalue weighted by Gasteiger charge is -2.16. The number of aromatic nitrogens is 3. The molecule has 9 nitrogen and oxygen atoms in total. The van der Waals surface area contributed by atoms with E-state index in [2.05, 4.69) is 20.9 Å². The summed E-state index contributed by atoms with van der Waals surface area (Å²) in [6.07, 6.45) is 5.02. The number of nitrogens with one attached hydrogen (secondary N) is 2. The molecular weight excluding hydrogens is 398 g/mol. The van der Waals surface area contributed by atoms with Crippen molar-refractivity contribution in [2.24, 2.45) is 13.0 Å². The Labute approximate surface area is 179 Å². The first kappa shape index (κ1) is 20.5. The predicted octanol–water partition coefficient (Wildman–Crippen LogP) is 2.80. The molecule has 2 N–H and O–H groups in total. The van der Waals surface area contributed by atoms with Gasteiger partial charge in [-0.2, -0.15) is 5.10 Å². The number of methoxy groups -OCH3 is 1. The SMILES string of the molecule is CONC(=O)c1cnc(NC(=O)C2CC2)cc1-c1cccc(-c2ccn(C)n2)c1OC. The molecule has 31 heavy (non-hydrogen) atoms. The summed E-state index contributed by atoms with van der Waals surface area (Å²) in [7, 11) is 4.76. The van der Waals surface area contributed by atoms with Gasteiger partial charge in [0.2, 0.25) is 5.91 Å². The highest BCUT2D eigenvalue weighted by Gasteiger charge is 2.30. The molecule has 0 spiro atoms. The number of carbonyl (C=O) groups is 2. The van der Waals surface area contributed by atoms with Crippen molar-refractivity contribution >= 4 is 17.6 Å². The van der Waals surface area contributed by atoms with Crippen LogP contribution < -0.4 is 15.5 Å². The number of hydroxylamine groups is 1. The Morgan fingerprint density at radius 1 is 1.13 bits per heavy atom. The number of nitrogens with zero attached hydrogens (tertiary/aromatic N) is 3. The normalized spacial score (nSPS) is 13.0. The van der Waals surface area contributed by atoms with E-state index in [9.17, 15) is 9.59 Å². The van der Waals surface area contributed by atoms with Crippen LogP contribution in [0, 0.1) is 5.92 Å². The summed E-state index contributed by atoms with van der Waals surface area (Å²) in [5.41, 5.74) is 5.33. The van der Waals surface area contributed by atoms with E-state index >= 15 is 0 Å². The molecule has 0 atom stereocenters. The molecule has 1 aliphatic carbocycles. The lowest BCUT2D eigenvalue weighted by molar-refractivity contribution is -0.117. The predicted molar refractivity (Wildman–Crippen MR) is 114 cm³/mol. The molecule has 2 aromatic heterocycles. The number of carbonyl (C=O) groups excluding carboxylic acids is 2. The van der Waals surface area contributed by atoms with Crippen molar-refractivity contribution in [1.29, 1.82) is 0 Å². The number of para-hydroxylation sites is 1. The summed E-state index contributed by atoms with van der Waals surface area (Å²) < 4.78 is 7.44. The monoisotopic (exact) mass is 421 g/mol. The van der Waals surface area contributed by atoms with Gasteiger partial charge < -0.3 is 10.1 Å². The van der Waals surface area contributed by atoms with Crippen LogP contribution in [0.5, 0.6) is 5.75 Å². The van der Waals surface area contributed by atoms with Crippen molar-refractivity contribution in [3.05, 3.63) is 48.3 Å². The fourth-order valence-electron chi connectivity index (χ4n) is 3.38. The number of rotatable bonds is 7. The quantitative estimate of drug-likeness (QED) is 0.568. The van der Waals surface area contributed by atoms with Gasteiger partial charge in [0.15, 0.2) is 0 Å². The van der Waals surface area contributed by atoms with E-state index < -0.39 is 5.91 Å². The van der Waals surface area contributed by atoms with Crippen LogP contribution >= 0.6 is 0 Å². The largest absolute Gasteiger partial charge is 0.495 e. The summed E-state index contributed by atoms with van der Waals surface area (Å²) in [4.78, 5) is 33.9. The summed E-state index contributed by atoms with van der Waals surface area (Å²) in [6.45, 7) is 0.